The largest absolute Gasteiger partial charge is 0.411 e. The summed E-state index contributed by atoms with van der Waals surface area (Å²) >= 11 is 18.3. The summed E-state index contributed by atoms with van der Waals surface area (Å²) in [5.41, 5.74) is 1.07. The molecular formula is C12H10Cl3NO. The maximum atomic E-state index is 6.18. The first-order valence-corrected chi connectivity index (χ1v) is 6.46. The second-order valence-electron chi connectivity index (χ2n) is 4.26. The molecule has 0 saturated heterocycles. The van der Waals surface area contributed by atoms with Gasteiger partial charge in [0.15, 0.2) is 0 Å². The maximum Gasteiger partial charge on any atom is 0.138 e. The van der Waals surface area contributed by atoms with Crippen molar-refractivity contribution in [2.75, 3.05) is 0 Å². The van der Waals surface area contributed by atoms with Crippen molar-refractivity contribution >= 4 is 34.8 Å². The molecule has 1 heterocycles. The fraction of sp³-hybridized carbons (Fsp3) is 0.333. The third kappa shape index (κ3) is 2.04. The molecule has 1 aromatic carbocycles. The van der Waals surface area contributed by atoms with E-state index in [9.17, 15) is 0 Å². The molecule has 2 unspecified atom stereocenters. The quantitative estimate of drug-likeness (QED) is 0.763. The van der Waals surface area contributed by atoms with Crippen molar-refractivity contribution in [1.82, 2.24) is 5.06 Å². The minimum Gasteiger partial charge on any atom is -0.411 e. The van der Waals surface area contributed by atoms with Gasteiger partial charge in [-0.05, 0) is 5.56 Å². The maximum absolute atomic E-state index is 6.18. The fourth-order valence-corrected chi connectivity index (χ4v) is 2.77. The number of hydrogen-bond donors (Lipinski definition) is 0. The minimum atomic E-state index is -0.720. The summed E-state index contributed by atoms with van der Waals surface area (Å²) in [5, 5.41) is 2.42. The molecule has 0 radical (unpaired) electrons. The molecule has 2 aliphatic rings. The summed E-state index contributed by atoms with van der Waals surface area (Å²) in [7, 11) is 0. The van der Waals surface area contributed by atoms with Crippen molar-refractivity contribution in [2.24, 2.45) is 0 Å². The molecule has 0 aromatic heterocycles. The highest BCUT2D eigenvalue weighted by Gasteiger charge is 2.59. The Labute approximate surface area is 115 Å². The normalized spacial score (nSPS) is 30.9. The van der Waals surface area contributed by atoms with Gasteiger partial charge in [0.05, 0.1) is 11.1 Å². The van der Waals surface area contributed by atoms with Gasteiger partial charge in [-0.25, -0.2) is 0 Å². The van der Waals surface area contributed by atoms with E-state index in [4.69, 9.17) is 39.6 Å². The SMILES string of the molecule is ClC1=CON(C2CC2(Cl)Cl)C1c1ccccc1. The van der Waals surface area contributed by atoms with Gasteiger partial charge in [-0.2, -0.15) is 0 Å². The Balaban J connectivity index is 1.88. The van der Waals surface area contributed by atoms with Crippen LogP contribution in [0.3, 0.4) is 0 Å². The molecule has 17 heavy (non-hydrogen) atoms. The highest BCUT2D eigenvalue weighted by atomic mass is 35.5. The van der Waals surface area contributed by atoms with E-state index in [-0.39, 0.29) is 12.1 Å². The third-order valence-corrected chi connectivity index (χ3v) is 4.13. The van der Waals surface area contributed by atoms with Gasteiger partial charge in [0, 0.05) is 6.42 Å². The predicted octanol–water partition coefficient (Wildman–Crippen LogP) is 4.00. The molecule has 0 bridgehead atoms. The molecule has 1 saturated carbocycles. The molecule has 0 N–H and O–H groups in total. The highest BCUT2D eigenvalue weighted by molar-refractivity contribution is 6.51. The van der Waals surface area contributed by atoms with Crippen LogP contribution in [0.1, 0.15) is 18.0 Å². The molecule has 0 amide bonds. The molecule has 0 spiro atoms. The molecule has 1 aromatic rings. The first-order chi connectivity index (χ1) is 8.09. The lowest BCUT2D eigenvalue weighted by Crippen LogP contribution is -2.28. The molecule has 2 atom stereocenters. The van der Waals surface area contributed by atoms with Crippen LogP contribution in [0.5, 0.6) is 0 Å². The van der Waals surface area contributed by atoms with Gasteiger partial charge >= 0.3 is 0 Å². The standard InChI is InChI=1S/C12H10Cl3NO/c13-9-7-17-16(10-6-12(10,14)15)11(9)8-4-2-1-3-5-8/h1-5,7,10-11H,6H2. The molecule has 5 heteroatoms. The number of hydroxylamine groups is 2. The Kier molecular flexibility index (Phi) is 2.79. The number of alkyl halides is 2. The average Bonchev–Trinajstić information content (AvgIpc) is 2.78. The first-order valence-electron chi connectivity index (χ1n) is 5.33. The van der Waals surface area contributed by atoms with Gasteiger partial charge in [-0.3, -0.25) is 0 Å². The van der Waals surface area contributed by atoms with Crippen LogP contribution in [0.15, 0.2) is 41.6 Å². The number of hydrogen-bond acceptors (Lipinski definition) is 2. The van der Waals surface area contributed by atoms with Crippen LogP contribution in [0.2, 0.25) is 0 Å². The number of benzene rings is 1. The van der Waals surface area contributed by atoms with Crippen LogP contribution in [-0.4, -0.2) is 15.4 Å². The van der Waals surface area contributed by atoms with Crippen molar-refractivity contribution < 1.29 is 4.84 Å². The van der Waals surface area contributed by atoms with Crippen molar-refractivity contribution in [1.29, 1.82) is 0 Å². The lowest BCUT2D eigenvalue weighted by atomic mass is 10.1. The fourth-order valence-electron chi connectivity index (χ4n) is 2.03. The lowest BCUT2D eigenvalue weighted by Gasteiger charge is -2.24. The topological polar surface area (TPSA) is 12.5 Å². The van der Waals surface area contributed by atoms with E-state index in [0.29, 0.717) is 11.5 Å². The Bertz CT molecular complexity index is 460. The number of nitrogens with zero attached hydrogens (tertiary/aromatic N) is 1. The summed E-state index contributed by atoms with van der Waals surface area (Å²) in [4.78, 5) is 5.46. The van der Waals surface area contributed by atoms with E-state index < -0.39 is 4.33 Å². The summed E-state index contributed by atoms with van der Waals surface area (Å²) in [6, 6.07) is 9.80. The van der Waals surface area contributed by atoms with Crippen molar-refractivity contribution in [3.05, 3.63) is 47.2 Å². The van der Waals surface area contributed by atoms with Gasteiger partial charge in [0.25, 0.3) is 0 Å². The van der Waals surface area contributed by atoms with E-state index in [1.807, 2.05) is 30.3 Å². The molecule has 1 fully saturated rings. The van der Waals surface area contributed by atoms with Crippen LogP contribution in [0, 0.1) is 0 Å². The lowest BCUT2D eigenvalue weighted by molar-refractivity contribution is -0.114. The Morgan fingerprint density at radius 1 is 1.24 bits per heavy atom. The van der Waals surface area contributed by atoms with Crippen LogP contribution >= 0.6 is 34.8 Å². The van der Waals surface area contributed by atoms with Gasteiger partial charge < -0.3 is 4.84 Å². The Morgan fingerprint density at radius 2 is 1.88 bits per heavy atom. The molecule has 90 valence electrons. The van der Waals surface area contributed by atoms with E-state index in [2.05, 4.69) is 0 Å². The number of halogens is 3. The second-order valence-corrected chi connectivity index (χ2v) is 6.24. The zero-order chi connectivity index (χ0) is 12.0. The van der Waals surface area contributed by atoms with Gasteiger partial charge in [-0.15, -0.1) is 5.06 Å². The minimum absolute atomic E-state index is 0.0106. The Morgan fingerprint density at radius 3 is 2.47 bits per heavy atom. The second kappa shape index (κ2) is 4.06. The van der Waals surface area contributed by atoms with E-state index >= 15 is 0 Å². The zero-order valence-corrected chi connectivity index (χ0v) is 11.1. The smallest absolute Gasteiger partial charge is 0.138 e. The van der Waals surface area contributed by atoms with Crippen molar-refractivity contribution in [2.45, 2.75) is 22.8 Å². The number of rotatable bonds is 2. The Hall–Kier alpha value is -0.410. The molecule has 1 aliphatic heterocycles. The summed E-state index contributed by atoms with van der Waals surface area (Å²) in [6.07, 6.45) is 2.23. The monoisotopic (exact) mass is 289 g/mol. The molecule has 3 rings (SSSR count). The molecule has 2 nitrogen and oxygen atoms in total. The molecule has 1 aliphatic carbocycles. The summed E-state index contributed by atoms with van der Waals surface area (Å²) in [6.45, 7) is 0. The molecular weight excluding hydrogens is 280 g/mol. The van der Waals surface area contributed by atoms with Gasteiger partial charge in [0.1, 0.15) is 16.6 Å². The van der Waals surface area contributed by atoms with Gasteiger partial charge in [0.2, 0.25) is 0 Å². The van der Waals surface area contributed by atoms with Crippen LogP contribution in [0.4, 0.5) is 0 Å². The van der Waals surface area contributed by atoms with E-state index in [1.165, 1.54) is 0 Å². The van der Waals surface area contributed by atoms with Gasteiger partial charge in [-0.1, -0.05) is 65.1 Å². The highest BCUT2D eigenvalue weighted by Crippen LogP contribution is 2.55. The van der Waals surface area contributed by atoms with Crippen molar-refractivity contribution in [3.8, 4) is 0 Å². The zero-order valence-electron chi connectivity index (χ0n) is 8.82. The van der Waals surface area contributed by atoms with E-state index in [0.717, 1.165) is 5.56 Å². The van der Waals surface area contributed by atoms with Crippen molar-refractivity contribution in [3.63, 3.8) is 0 Å². The van der Waals surface area contributed by atoms with Crippen LogP contribution in [0.25, 0.3) is 0 Å². The third-order valence-electron chi connectivity index (χ3n) is 3.02. The van der Waals surface area contributed by atoms with E-state index in [1.54, 1.807) is 11.3 Å². The predicted molar refractivity (Wildman–Crippen MR) is 68.9 cm³/mol. The van der Waals surface area contributed by atoms with Crippen LogP contribution in [-0.2, 0) is 4.84 Å². The summed E-state index contributed by atoms with van der Waals surface area (Å²) < 4.78 is -0.720. The first kappa shape index (κ1) is 11.7. The average molecular weight is 291 g/mol. The summed E-state index contributed by atoms with van der Waals surface area (Å²) in [5.74, 6) is 0. The van der Waals surface area contributed by atoms with Crippen LogP contribution < -0.4 is 0 Å².